The number of rotatable bonds is 9. The van der Waals surface area contributed by atoms with Crippen molar-refractivity contribution in [2.75, 3.05) is 25.9 Å². The van der Waals surface area contributed by atoms with Crippen LogP contribution >= 0.6 is 0 Å². The Labute approximate surface area is 207 Å². The maximum atomic E-state index is 12.4. The lowest BCUT2D eigenvalue weighted by Gasteiger charge is -2.38. The summed E-state index contributed by atoms with van der Waals surface area (Å²) in [7, 11) is -3.44. The zero-order valence-electron chi connectivity index (χ0n) is 20.7. The van der Waals surface area contributed by atoms with Crippen LogP contribution in [0.2, 0.25) is 0 Å². The van der Waals surface area contributed by atoms with Gasteiger partial charge in [0.1, 0.15) is 18.1 Å². The first kappa shape index (κ1) is 25.3. The van der Waals surface area contributed by atoms with Gasteiger partial charge in [-0.1, -0.05) is 17.7 Å². The van der Waals surface area contributed by atoms with Crippen molar-refractivity contribution >= 4 is 21.4 Å². The lowest BCUT2D eigenvalue weighted by molar-refractivity contribution is -0.147. The Hall–Kier alpha value is -2.84. The van der Waals surface area contributed by atoms with Gasteiger partial charge >= 0.3 is 5.97 Å². The molecule has 188 valence electrons. The van der Waals surface area contributed by atoms with Gasteiger partial charge in [-0.25, -0.2) is 8.42 Å². The molecule has 0 amide bonds. The van der Waals surface area contributed by atoms with Crippen molar-refractivity contribution < 1.29 is 27.8 Å². The van der Waals surface area contributed by atoms with Gasteiger partial charge in [0, 0.05) is 31.5 Å². The minimum Gasteiger partial charge on any atom is -0.491 e. The van der Waals surface area contributed by atoms with Gasteiger partial charge in [-0.2, -0.15) is 0 Å². The molecule has 1 aliphatic carbocycles. The molecule has 4 rings (SSSR count). The number of sulfone groups is 1. The topological polar surface area (TPSA) is 93.1 Å². The molecule has 0 spiro atoms. The molecule has 0 unspecified atom stereocenters. The van der Waals surface area contributed by atoms with Crippen molar-refractivity contribution in [2.24, 2.45) is 5.92 Å². The van der Waals surface area contributed by atoms with E-state index in [1.807, 2.05) is 26.0 Å². The average molecular weight is 500 g/mol. The Bertz CT molecular complexity index is 1260. The molecule has 1 aliphatic heterocycles. The van der Waals surface area contributed by atoms with Gasteiger partial charge in [0.2, 0.25) is 0 Å². The molecular weight excluding hydrogens is 466 g/mol. The molecule has 0 atom stereocenters. The van der Waals surface area contributed by atoms with Crippen LogP contribution in [0.15, 0.2) is 46.9 Å². The number of benzene rings is 2. The van der Waals surface area contributed by atoms with Gasteiger partial charge in [0.05, 0.1) is 16.9 Å². The van der Waals surface area contributed by atoms with Crippen molar-refractivity contribution in [1.29, 1.82) is 0 Å². The number of likely N-dealkylation sites (tertiary alicyclic amines) is 1. The monoisotopic (exact) mass is 499 g/mol. The molecule has 8 heteroatoms. The predicted octanol–water partition coefficient (Wildman–Crippen LogP) is 4.19. The van der Waals surface area contributed by atoms with E-state index in [0.717, 1.165) is 19.4 Å². The SMILES string of the molecule is CC1=C(CN2CC(C(=O)O)C2)CCc2cc(OCc3ccc(OC(C)C)cc3S(C)(=O)=O)ccc21. The number of hydrogen-bond acceptors (Lipinski definition) is 6. The number of carboxylic acid groups (broad SMARTS) is 1. The van der Waals surface area contributed by atoms with Crippen LogP contribution in [0.3, 0.4) is 0 Å². The minimum atomic E-state index is -3.44. The van der Waals surface area contributed by atoms with Crippen molar-refractivity contribution in [3.8, 4) is 11.5 Å². The van der Waals surface area contributed by atoms with Crippen LogP contribution in [0, 0.1) is 5.92 Å². The molecule has 35 heavy (non-hydrogen) atoms. The predicted molar refractivity (Wildman–Crippen MR) is 135 cm³/mol. The molecule has 0 saturated carbocycles. The first-order valence-corrected chi connectivity index (χ1v) is 13.8. The van der Waals surface area contributed by atoms with Crippen LogP contribution in [-0.2, 0) is 27.7 Å². The fraction of sp³-hybridized carbons (Fsp3) is 0.444. The molecule has 1 heterocycles. The molecule has 0 radical (unpaired) electrons. The number of nitrogens with zero attached hydrogens (tertiary/aromatic N) is 1. The van der Waals surface area contributed by atoms with E-state index in [9.17, 15) is 13.2 Å². The van der Waals surface area contributed by atoms with E-state index in [-0.39, 0.29) is 23.5 Å². The molecule has 0 bridgehead atoms. The quantitative estimate of drug-likeness (QED) is 0.553. The zero-order chi connectivity index (χ0) is 25.3. The van der Waals surface area contributed by atoms with Crippen molar-refractivity contribution in [3.05, 3.63) is 58.7 Å². The Morgan fingerprint density at radius 3 is 2.49 bits per heavy atom. The summed E-state index contributed by atoms with van der Waals surface area (Å²) in [5, 5.41) is 9.09. The summed E-state index contributed by atoms with van der Waals surface area (Å²) in [4.78, 5) is 13.5. The van der Waals surface area contributed by atoms with Crippen molar-refractivity contribution in [2.45, 2.75) is 51.2 Å². The number of ether oxygens (including phenoxy) is 2. The fourth-order valence-corrected chi connectivity index (χ4v) is 5.66. The van der Waals surface area contributed by atoms with E-state index in [2.05, 4.69) is 17.9 Å². The Morgan fingerprint density at radius 2 is 1.83 bits per heavy atom. The van der Waals surface area contributed by atoms with E-state index in [4.69, 9.17) is 14.6 Å². The molecule has 2 aromatic carbocycles. The highest BCUT2D eigenvalue weighted by Crippen LogP contribution is 2.35. The van der Waals surface area contributed by atoms with Gasteiger partial charge in [-0.3, -0.25) is 9.69 Å². The molecule has 2 aromatic rings. The third-order valence-corrected chi connectivity index (χ3v) is 7.81. The first-order chi connectivity index (χ1) is 16.5. The maximum absolute atomic E-state index is 12.4. The highest BCUT2D eigenvalue weighted by Gasteiger charge is 2.33. The minimum absolute atomic E-state index is 0.0504. The second kappa shape index (κ2) is 10.0. The van der Waals surface area contributed by atoms with E-state index in [0.29, 0.717) is 30.2 Å². The Balaban J connectivity index is 1.46. The zero-order valence-corrected chi connectivity index (χ0v) is 21.5. The highest BCUT2D eigenvalue weighted by molar-refractivity contribution is 7.90. The fourth-order valence-electron chi connectivity index (χ4n) is 4.72. The normalized spacial score (nSPS) is 16.7. The Kier molecular flexibility index (Phi) is 7.24. The summed E-state index contributed by atoms with van der Waals surface area (Å²) < 4.78 is 36.4. The van der Waals surface area contributed by atoms with E-state index in [1.54, 1.807) is 18.2 Å². The van der Waals surface area contributed by atoms with Crippen LogP contribution in [-0.4, -0.2) is 56.4 Å². The molecule has 1 N–H and O–H groups in total. The second-order valence-electron chi connectivity index (χ2n) is 9.77. The van der Waals surface area contributed by atoms with Crippen molar-refractivity contribution in [1.82, 2.24) is 4.90 Å². The number of fused-ring (bicyclic) bond motifs is 1. The van der Waals surface area contributed by atoms with Crippen LogP contribution in [0.5, 0.6) is 11.5 Å². The first-order valence-electron chi connectivity index (χ1n) is 11.9. The maximum Gasteiger partial charge on any atom is 0.309 e. The molecule has 0 aromatic heterocycles. The molecule has 2 aliphatic rings. The van der Waals surface area contributed by atoms with Crippen molar-refractivity contribution in [3.63, 3.8) is 0 Å². The lowest BCUT2D eigenvalue weighted by Crippen LogP contribution is -2.50. The molecule has 7 nitrogen and oxygen atoms in total. The summed E-state index contributed by atoms with van der Waals surface area (Å²) in [6.07, 6.45) is 2.97. The molecule has 1 saturated heterocycles. The standard InChI is InChI=1S/C27H33NO6S/c1-17(2)34-24-8-7-21(26(12-24)35(4,31)32)16-33-23-9-10-25-18(3)20(6-5-19(25)11-23)13-28-14-22(15-28)27(29)30/h7-12,17,22H,5-6,13-16H2,1-4H3,(H,29,30). The number of aliphatic carboxylic acids is 1. The average Bonchev–Trinajstić information content (AvgIpc) is 2.75. The highest BCUT2D eigenvalue weighted by atomic mass is 32.2. The summed E-state index contributed by atoms with van der Waals surface area (Å²) in [6, 6.07) is 11.1. The number of carboxylic acids is 1. The van der Waals surface area contributed by atoms with Gasteiger partial charge in [-0.15, -0.1) is 0 Å². The van der Waals surface area contributed by atoms with Gasteiger partial charge in [-0.05, 0) is 74.6 Å². The third kappa shape index (κ3) is 5.87. The largest absolute Gasteiger partial charge is 0.491 e. The second-order valence-corrected chi connectivity index (χ2v) is 11.8. The number of allylic oxidation sites excluding steroid dienone is 1. The Morgan fingerprint density at radius 1 is 1.11 bits per heavy atom. The molecule has 1 fully saturated rings. The van der Waals surface area contributed by atoms with Crippen LogP contribution in [0.4, 0.5) is 0 Å². The third-order valence-electron chi connectivity index (χ3n) is 6.63. The number of carbonyl (C=O) groups is 1. The van der Waals surface area contributed by atoms with E-state index in [1.165, 1.54) is 28.5 Å². The number of hydrogen-bond donors (Lipinski definition) is 1. The van der Waals surface area contributed by atoms with Gasteiger partial charge in [0.15, 0.2) is 9.84 Å². The van der Waals surface area contributed by atoms with Gasteiger partial charge < -0.3 is 14.6 Å². The number of aryl methyl sites for hydroxylation is 1. The summed E-state index contributed by atoms with van der Waals surface area (Å²) in [5.74, 6) is 0.271. The van der Waals surface area contributed by atoms with Crippen LogP contribution in [0.1, 0.15) is 43.9 Å². The van der Waals surface area contributed by atoms with E-state index >= 15 is 0 Å². The van der Waals surface area contributed by atoms with Gasteiger partial charge in [0.25, 0.3) is 0 Å². The van der Waals surface area contributed by atoms with Crippen LogP contribution < -0.4 is 9.47 Å². The lowest BCUT2D eigenvalue weighted by atomic mass is 9.85. The van der Waals surface area contributed by atoms with E-state index < -0.39 is 15.8 Å². The summed E-state index contributed by atoms with van der Waals surface area (Å²) in [5.41, 5.74) is 5.60. The summed E-state index contributed by atoms with van der Waals surface area (Å²) in [6.45, 7) is 8.11. The smallest absolute Gasteiger partial charge is 0.309 e. The van der Waals surface area contributed by atoms with Crippen LogP contribution in [0.25, 0.3) is 5.57 Å². The summed E-state index contributed by atoms with van der Waals surface area (Å²) >= 11 is 0. The molecular formula is C27H33NO6S.